The van der Waals surface area contributed by atoms with Crippen molar-refractivity contribution in [1.82, 2.24) is 0 Å². The minimum absolute atomic E-state index is 0. The molecule has 149 valence electrons. The normalized spacial score (nSPS) is 18.6. The van der Waals surface area contributed by atoms with Crippen molar-refractivity contribution in [2.45, 2.75) is 37.8 Å². The summed E-state index contributed by atoms with van der Waals surface area (Å²) in [5, 5.41) is 22.3. The molecule has 11 heteroatoms. The monoisotopic (exact) mass is 423 g/mol. The van der Waals surface area contributed by atoms with Gasteiger partial charge in [0.2, 0.25) is 0 Å². The number of nitrogens with two attached hydrogens (primary N) is 1. The second-order valence-corrected chi connectivity index (χ2v) is 7.00. The molecule has 1 aromatic rings. The van der Waals surface area contributed by atoms with E-state index in [4.69, 9.17) is 5.73 Å². The van der Waals surface area contributed by atoms with E-state index in [1.54, 1.807) is 12.5 Å². The molecule has 26 heavy (non-hydrogen) atoms. The molecule has 9 nitrogen and oxygen atoms in total. The molecule has 1 aliphatic carbocycles. The van der Waals surface area contributed by atoms with Gasteiger partial charge in [0.25, 0.3) is 5.69 Å². The van der Waals surface area contributed by atoms with Crippen molar-refractivity contribution >= 4 is 22.7 Å². The molecule has 1 fully saturated rings. The second-order valence-electron chi connectivity index (χ2n) is 5.51. The molecule has 0 saturated heterocycles. The Morgan fingerprint density at radius 3 is 2.31 bits per heavy atom. The van der Waals surface area contributed by atoms with E-state index in [0.29, 0.717) is 0 Å². The Morgan fingerprint density at radius 2 is 1.81 bits per heavy atom. The number of nitro benzene ring substituents is 1. The zero-order valence-corrected chi connectivity index (χ0v) is 16.8. The smallest absolute Gasteiger partial charge is 0.270 e. The fourth-order valence-electron chi connectivity index (χ4n) is 2.25. The van der Waals surface area contributed by atoms with Gasteiger partial charge < -0.3 is 21.8 Å². The van der Waals surface area contributed by atoms with E-state index in [-0.39, 0.29) is 58.6 Å². The van der Waals surface area contributed by atoms with Crippen molar-refractivity contribution in [3.8, 4) is 5.75 Å². The first kappa shape index (κ1) is 29.5. The first-order chi connectivity index (χ1) is 10.8. The van der Waals surface area contributed by atoms with Crippen molar-refractivity contribution in [1.29, 1.82) is 0 Å². The Labute approximate surface area is 167 Å². The Hall–Kier alpha value is -1.30. The quantitative estimate of drug-likeness (QED) is 0.434. The van der Waals surface area contributed by atoms with Crippen LogP contribution < -0.4 is 10.8 Å². The fourth-order valence-corrected chi connectivity index (χ4v) is 2.25. The maximum atomic E-state index is 11.6. The average molecular weight is 423 g/mol. The molecule has 1 saturated carbocycles. The average Bonchev–Trinajstić information content (AvgIpc) is 2.47. The Bertz CT molecular complexity index is 599. The number of hydrogen-bond acceptors (Lipinski definition) is 6. The SMILES string of the molecule is CS(C)=O.N[C@@H]1CCCC[C@H]1N=Cc1cc([N+](=O)[O-])ccc1[O-].[O-2].[O-2].[V]. The zero-order valence-electron chi connectivity index (χ0n) is 14.6. The molecule has 0 spiro atoms. The van der Waals surface area contributed by atoms with Gasteiger partial charge in [0.15, 0.2) is 0 Å². The summed E-state index contributed by atoms with van der Waals surface area (Å²) in [6.45, 7) is 0. The number of nitro groups is 1. The molecule has 2 N–H and O–H groups in total. The molecule has 0 heterocycles. The topological polar surface area (TPSA) is 179 Å². The summed E-state index contributed by atoms with van der Waals surface area (Å²) in [4.78, 5) is 14.5. The molecule has 0 unspecified atom stereocenters. The first-order valence-corrected chi connectivity index (χ1v) is 9.27. The number of non-ortho nitro benzene ring substituents is 1. The number of hydrogen-bond donors (Lipinski definition) is 1. The number of nitrogens with zero attached hydrogens (tertiary/aromatic N) is 2. The van der Waals surface area contributed by atoms with Gasteiger partial charge in [-0.3, -0.25) is 19.3 Å². The third-order valence-electron chi connectivity index (χ3n) is 3.39. The van der Waals surface area contributed by atoms with Gasteiger partial charge in [-0.1, -0.05) is 24.7 Å². The predicted octanol–water partition coefficient (Wildman–Crippen LogP) is 1.11. The largest absolute Gasteiger partial charge is 2.00 e. The van der Waals surface area contributed by atoms with E-state index in [9.17, 15) is 19.4 Å². The van der Waals surface area contributed by atoms with Gasteiger partial charge in [-0.25, -0.2) is 0 Å². The van der Waals surface area contributed by atoms with Crippen LogP contribution in [0, 0.1) is 10.1 Å². The Balaban J connectivity index is -0.000000689. The summed E-state index contributed by atoms with van der Waals surface area (Å²) in [5.41, 5.74) is 6.10. The van der Waals surface area contributed by atoms with E-state index < -0.39 is 15.7 Å². The maximum Gasteiger partial charge on any atom is 0.270 e. The van der Waals surface area contributed by atoms with Crippen molar-refractivity contribution < 1.29 is 43.7 Å². The van der Waals surface area contributed by atoms with Crippen LogP contribution in [0.4, 0.5) is 5.69 Å². The van der Waals surface area contributed by atoms with E-state index in [0.717, 1.165) is 25.7 Å². The Morgan fingerprint density at radius 1 is 1.27 bits per heavy atom. The van der Waals surface area contributed by atoms with Crippen molar-refractivity contribution in [2.24, 2.45) is 10.7 Å². The molecule has 0 amide bonds. The molecule has 0 aliphatic heterocycles. The molecule has 1 aromatic carbocycles. The molecule has 2 rings (SSSR count). The second kappa shape index (κ2) is 14.8. The molecular formula is C15H22N3O6SV-5. The number of benzene rings is 1. The Kier molecular flexibility index (Phi) is 16.8. The fraction of sp³-hybridized carbons (Fsp3) is 0.533. The van der Waals surface area contributed by atoms with Crippen LogP contribution in [0.15, 0.2) is 23.2 Å². The van der Waals surface area contributed by atoms with Crippen LogP contribution in [-0.4, -0.2) is 39.9 Å². The summed E-state index contributed by atoms with van der Waals surface area (Å²) >= 11 is 0. The van der Waals surface area contributed by atoms with Crippen LogP contribution in [0.1, 0.15) is 31.2 Å². The van der Waals surface area contributed by atoms with Crippen LogP contribution in [0.3, 0.4) is 0 Å². The minimum atomic E-state index is -0.611. The molecular weight excluding hydrogens is 401 g/mol. The predicted molar refractivity (Wildman–Crippen MR) is 91.7 cm³/mol. The van der Waals surface area contributed by atoms with E-state index in [1.165, 1.54) is 24.4 Å². The summed E-state index contributed by atoms with van der Waals surface area (Å²) in [7, 11) is -0.611. The van der Waals surface area contributed by atoms with Crippen LogP contribution in [0.5, 0.6) is 5.75 Å². The van der Waals surface area contributed by atoms with Crippen LogP contribution in [0.2, 0.25) is 0 Å². The summed E-state index contributed by atoms with van der Waals surface area (Å²) in [6.07, 6.45) is 8.72. The molecule has 0 bridgehead atoms. The van der Waals surface area contributed by atoms with Crippen LogP contribution in [-0.2, 0) is 40.3 Å². The van der Waals surface area contributed by atoms with Crippen molar-refractivity contribution in [3.63, 3.8) is 0 Å². The summed E-state index contributed by atoms with van der Waals surface area (Å²) in [6, 6.07) is 3.66. The summed E-state index contributed by atoms with van der Waals surface area (Å²) < 4.78 is 9.56. The standard InChI is InChI=1S/C13H17N3O3.C2H6OS.2O.V/c14-11-3-1-2-4-12(11)15-8-9-7-10(16(18)19)5-6-13(9)17;1-4(2)3;;;/h5-8,11-12,17H,1-4,14H2;1-2H3;;;/q;;2*-2;/p-1/t11-,12-;;;;/m1..../s1. The van der Waals surface area contributed by atoms with Gasteiger partial charge in [0, 0.05) is 66.3 Å². The summed E-state index contributed by atoms with van der Waals surface area (Å²) in [5.74, 6) is -0.265. The van der Waals surface area contributed by atoms with Gasteiger partial charge in [-0.15, -0.1) is 0 Å². The zero-order chi connectivity index (χ0) is 17.4. The third kappa shape index (κ3) is 10.6. The maximum absolute atomic E-state index is 11.6. The molecule has 1 aliphatic rings. The van der Waals surface area contributed by atoms with Gasteiger partial charge in [-0.2, -0.15) is 0 Å². The van der Waals surface area contributed by atoms with Gasteiger partial charge in [-0.05, 0) is 18.4 Å². The van der Waals surface area contributed by atoms with E-state index in [1.807, 2.05) is 0 Å². The number of rotatable bonds is 3. The minimum Gasteiger partial charge on any atom is -2.00 e. The van der Waals surface area contributed by atoms with Crippen LogP contribution in [0.25, 0.3) is 0 Å². The molecule has 2 atom stereocenters. The number of aliphatic imine (C=N–C) groups is 1. The van der Waals surface area contributed by atoms with E-state index >= 15 is 0 Å². The molecule has 1 radical (unpaired) electrons. The van der Waals surface area contributed by atoms with Crippen molar-refractivity contribution in [2.75, 3.05) is 12.5 Å². The van der Waals surface area contributed by atoms with Gasteiger partial charge >= 0.3 is 0 Å². The first-order valence-electron chi connectivity index (χ1n) is 7.30. The molecule has 0 aromatic heterocycles. The third-order valence-corrected chi connectivity index (χ3v) is 3.39. The van der Waals surface area contributed by atoms with Crippen LogP contribution >= 0.6 is 0 Å². The van der Waals surface area contributed by atoms with Gasteiger partial charge in [0.05, 0.1) is 11.0 Å². The van der Waals surface area contributed by atoms with E-state index in [2.05, 4.69) is 4.99 Å². The van der Waals surface area contributed by atoms with Crippen molar-refractivity contribution in [3.05, 3.63) is 33.9 Å². The van der Waals surface area contributed by atoms with Gasteiger partial charge in [0.1, 0.15) is 0 Å².